The third-order valence-electron chi connectivity index (χ3n) is 3.16. The van der Waals surface area contributed by atoms with Crippen LogP contribution in [0.2, 0.25) is 0 Å². The highest BCUT2D eigenvalue weighted by atomic mass is 15.3. The second kappa shape index (κ2) is 6.83. The van der Waals surface area contributed by atoms with Crippen LogP contribution in [0.25, 0.3) is 0 Å². The number of rotatable bonds is 6. The first-order chi connectivity index (χ1) is 10.1. The quantitative estimate of drug-likeness (QED) is 0.858. The molecule has 7 heteroatoms. The van der Waals surface area contributed by atoms with Crippen molar-refractivity contribution in [1.29, 1.82) is 0 Å². The van der Waals surface area contributed by atoms with Crippen molar-refractivity contribution in [3.63, 3.8) is 0 Å². The molecule has 0 saturated heterocycles. The van der Waals surface area contributed by atoms with Crippen LogP contribution in [-0.4, -0.2) is 40.1 Å². The first kappa shape index (κ1) is 15.0. The van der Waals surface area contributed by atoms with Crippen molar-refractivity contribution in [3.05, 3.63) is 30.1 Å². The molecule has 0 saturated carbocycles. The molecule has 0 spiro atoms. The molecule has 0 aliphatic heterocycles. The topological polar surface area (TPSA) is 84.1 Å². The minimum absolute atomic E-state index is 0.236. The Bertz CT molecular complexity index is 569. The second-order valence-corrected chi connectivity index (χ2v) is 4.68. The van der Waals surface area contributed by atoms with Crippen molar-refractivity contribution < 1.29 is 0 Å². The van der Waals surface area contributed by atoms with E-state index in [9.17, 15) is 0 Å². The van der Waals surface area contributed by atoms with Crippen molar-refractivity contribution in [2.24, 2.45) is 0 Å². The lowest BCUT2D eigenvalue weighted by molar-refractivity contribution is 0.793. The zero-order chi connectivity index (χ0) is 15.2. The van der Waals surface area contributed by atoms with E-state index in [1.54, 1.807) is 6.20 Å². The molecule has 2 aromatic rings. The summed E-state index contributed by atoms with van der Waals surface area (Å²) in [5.74, 6) is 1.41. The highest BCUT2D eigenvalue weighted by Gasteiger charge is 2.12. The Labute approximate surface area is 124 Å². The molecule has 2 aromatic heterocycles. The van der Waals surface area contributed by atoms with Gasteiger partial charge in [0.15, 0.2) is 0 Å². The van der Waals surface area contributed by atoms with Crippen LogP contribution < -0.4 is 15.5 Å². The molecule has 2 N–H and O–H groups in total. The molecule has 0 atom stereocenters. The van der Waals surface area contributed by atoms with Crippen molar-refractivity contribution in [2.45, 2.75) is 20.4 Å². The van der Waals surface area contributed by atoms with E-state index >= 15 is 0 Å². The standard InChI is InChI=1S/C14H21N7/c1-4-21(5-2)14-18-12(15)17-13(19-14)20(3)10-11-7-6-8-16-9-11/h6-9H,4-5,10H2,1-3H3,(H2,15,17,18,19). The molecular formula is C14H21N7. The lowest BCUT2D eigenvalue weighted by atomic mass is 10.3. The predicted molar refractivity (Wildman–Crippen MR) is 84.1 cm³/mol. The Hall–Kier alpha value is -2.44. The molecule has 0 bridgehead atoms. The molecule has 0 aliphatic rings. The van der Waals surface area contributed by atoms with Gasteiger partial charge in [0.05, 0.1) is 0 Å². The van der Waals surface area contributed by atoms with Gasteiger partial charge in [-0.05, 0) is 25.5 Å². The van der Waals surface area contributed by atoms with E-state index in [1.807, 2.05) is 35.2 Å². The van der Waals surface area contributed by atoms with Gasteiger partial charge in [0.1, 0.15) is 0 Å². The molecule has 0 amide bonds. The van der Waals surface area contributed by atoms with E-state index in [2.05, 4.69) is 33.8 Å². The van der Waals surface area contributed by atoms with E-state index in [1.165, 1.54) is 0 Å². The first-order valence-corrected chi connectivity index (χ1v) is 7.00. The van der Waals surface area contributed by atoms with Gasteiger partial charge in [-0.3, -0.25) is 4.98 Å². The maximum Gasteiger partial charge on any atom is 0.231 e. The molecule has 7 nitrogen and oxygen atoms in total. The Morgan fingerprint density at radius 2 is 1.81 bits per heavy atom. The average Bonchev–Trinajstić information content (AvgIpc) is 2.49. The zero-order valence-electron chi connectivity index (χ0n) is 12.7. The van der Waals surface area contributed by atoms with Gasteiger partial charge in [0, 0.05) is 39.1 Å². The fourth-order valence-corrected chi connectivity index (χ4v) is 2.02. The van der Waals surface area contributed by atoms with E-state index < -0.39 is 0 Å². The second-order valence-electron chi connectivity index (χ2n) is 4.68. The Morgan fingerprint density at radius 1 is 1.10 bits per heavy atom. The van der Waals surface area contributed by atoms with Gasteiger partial charge in [0.2, 0.25) is 17.8 Å². The van der Waals surface area contributed by atoms with Crippen LogP contribution in [0.3, 0.4) is 0 Å². The number of nitrogens with zero attached hydrogens (tertiary/aromatic N) is 6. The number of pyridine rings is 1. The van der Waals surface area contributed by atoms with Crippen LogP contribution in [-0.2, 0) is 6.54 Å². The summed E-state index contributed by atoms with van der Waals surface area (Å²) >= 11 is 0. The van der Waals surface area contributed by atoms with Crippen molar-refractivity contribution in [1.82, 2.24) is 19.9 Å². The van der Waals surface area contributed by atoms with E-state index in [-0.39, 0.29) is 5.95 Å². The summed E-state index contributed by atoms with van der Waals surface area (Å²) in [5.41, 5.74) is 6.90. The summed E-state index contributed by atoms with van der Waals surface area (Å²) < 4.78 is 0. The van der Waals surface area contributed by atoms with Gasteiger partial charge >= 0.3 is 0 Å². The number of hydrogen-bond acceptors (Lipinski definition) is 7. The molecule has 2 heterocycles. The van der Waals surface area contributed by atoms with E-state index in [4.69, 9.17) is 5.73 Å². The molecule has 0 aromatic carbocycles. The first-order valence-electron chi connectivity index (χ1n) is 7.00. The van der Waals surface area contributed by atoms with Gasteiger partial charge in [-0.1, -0.05) is 6.07 Å². The van der Waals surface area contributed by atoms with Crippen LogP contribution in [0.1, 0.15) is 19.4 Å². The third kappa shape index (κ3) is 3.77. The van der Waals surface area contributed by atoms with Crippen LogP contribution in [0.15, 0.2) is 24.5 Å². The van der Waals surface area contributed by atoms with Gasteiger partial charge < -0.3 is 15.5 Å². The van der Waals surface area contributed by atoms with Crippen molar-refractivity contribution in [3.8, 4) is 0 Å². The number of nitrogen functional groups attached to an aromatic ring is 1. The summed E-state index contributed by atoms with van der Waals surface area (Å²) in [6.45, 7) is 6.43. The monoisotopic (exact) mass is 287 g/mol. The lowest BCUT2D eigenvalue weighted by Crippen LogP contribution is -2.27. The largest absolute Gasteiger partial charge is 0.368 e. The summed E-state index contributed by atoms with van der Waals surface area (Å²) in [4.78, 5) is 21.0. The maximum atomic E-state index is 5.81. The van der Waals surface area contributed by atoms with E-state index in [0.717, 1.165) is 18.7 Å². The van der Waals surface area contributed by atoms with Crippen LogP contribution >= 0.6 is 0 Å². The Morgan fingerprint density at radius 3 is 2.43 bits per heavy atom. The van der Waals surface area contributed by atoms with Crippen molar-refractivity contribution >= 4 is 17.8 Å². The SMILES string of the molecule is CCN(CC)c1nc(N)nc(N(C)Cc2cccnc2)n1. The van der Waals surface area contributed by atoms with Crippen molar-refractivity contribution in [2.75, 3.05) is 35.7 Å². The van der Waals surface area contributed by atoms with Crippen LogP contribution in [0.5, 0.6) is 0 Å². The molecular weight excluding hydrogens is 266 g/mol. The van der Waals surface area contributed by atoms with Crippen LogP contribution in [0, 0.1) is 0 Å². The number of nitrogens with two attached hydrogens (primary N) is 1. The molecule has 0 fully saturated rings. The summed E-state index contributed by atoms with van der Waals surface area (Å²) in [7, 11) is 1.92. The predicted octanol–water partition coefficient (Wildman–Crippen LogP) is 1.33. The summed E-state index contributed by atoms with van der Waals surface area (Å²) in [6, 6.07) is 3.92. The fraction of sp³-hybridized carbons (Fsp3) is 0.429. The minimum Gasteiger partial charge on any atom is -0.368 e. The Balaban J connectivity index is 2.22. The van der Waals surface area contributed by atoms with Gasteiger partial charge in [-0.25, -0.2) is 0 Å². The molecule has 0 aliphatic carbocycles. The summed E-state index contributed by atoms with van der Waals surface area (Å²) in [6.07, 6.45) is 3.58. The van der Waals surface area contributed by atoms with Crippen LogP contribution in [0.4, 0.5) is 17.8 Å². The van der Waals surface area contributed by atoms with E-state index in [0.29, 0.717) is 18.4 Å². The highest BCUT2D eigenvalue weighted by Crippen LogP contribution is 2.15. The normalized spacial score (nSPS) is 10.4. The third-order valence-corrected chi connectivity index (χ3v) is 3.16. The number of hydrogen-bond donors (Lipinski definition) is 1. The van der Waals surface area contributed by atoms with Gasteiger partial charge in [-0.2, -0.15) is 15.0 Å². The minimum atomic E-state index is 0.236. The maximum absolute atomic E-state index is 5.81. The molecule has 0 radical (unpaired) electrons. The Kier molecular flexibility index (Phi) is 4.86. The molecule has 2 rings (SSSR count). The average molecular weight is 287 g/mol. The number of anilines is 3. The fourth-order valence-electron chi connectivity index (χ4n) is 2.02. The lowest BCUT2D eigenvalue weighted by Gasteiger charge is -2.22. The smallest absolute Gasteiger partial charge is 0.231 e. The summed E-state index contributed by atoms with van der Waals surface area (Å²) in [5, 5.41) is 0. The highest BCUT2D eigenvalue weighted by molar-refractivity contribution is 5.43. The number of aromatic nitrogens is 4. The van der Waals surface area contributed by atoms with Gasteiger partial charge in [0.25, 0.3) is 0 Å². The molecule has 0 unspecified atom stereocenters. The molecule has 112 valence electrons. The molecule has 21 heavy (non-hydrogen) atoms. The zero-order valence-corrected chi connectivity index (χ0v) is 12.7. The van der Waals surface area contributed by atoms with Gasteiger partial charge in [-0.15, -0.1) is 0 Å².